The Hall–Kier alpha value is -2.00. The first-order valence-corrected chi connectivity index (χ1v) is 12.4. The van der Waals surface area contributed by atoms with Crippen molar-refractivity contribution in [3.05, 3.63) is 52.2 Å². The van der Waals surface area contributed by atoms with Crippen LogP contribution in [0.4, 0.5) is 5.69 Å². The van der Waals surface area contributed by atoms with Gasteiger partial charge in [-0.1, -0.05) is 32.0 Å². The maximum absolute atomic E-state index is 13.3. The number of nitrogens with one attached hydrogen (secondary N) is 2. The first-order chi connectivity index (χ1) is 13.8. The van der Waals surface area contributed by atoms with Crippen LogP contribution in [0, 0.1) is 0 Å². The molecule has 6 nitrogen and oxygen atoms in total. The van der Waals surface area contributed by atoms with Gasteiger partial charge in [-0.25, -0.2) is 13.1 Å². The van der Waals surface area contributed by atoms with Gasteiger partial charge in [-0.2, -0.15) is 0 Å². The van der Waals surface area contributed by atoms with Crippen molar-refractivity contribution in [2.75, 3.05) is 37.8 Å². The lowest BCUT2D eigenvalue weighted by Crippen LogP contribution is -2.28. The van der Waals surface area contributed by atoms with Crippen LogP contribution < -0.4 is 15.5 Å². The van der Waals surface area contributed by atoms with E-state index in [2.05, 4.69) is 28.8 Å². The standard InChI is InChI=1S/C21H27N3O3S2/c1-4-24(5-2)13-12-22-17-11-10-15(14-23-29(3,26)27)21-19(17)20(25)16-8-6-7-9-18(16)28-21/h6-11,22-23H,4-5,12-14H2,1-3H3. The van der Waals surface area contributed by atoms with Gasteiger partial charge in [-0.05, 0) is 36.9 Å². The Morgan fingerprint density at radius 2 is 1.79 bits per heavy atom. The average molecular weight is 434 g/mol. The van der Waals surface area contributed by atoms with Crippen LogP contribution in [0.2, 0.25) is 0 Å². The van der Waals surface area contributed by atoms with Crippen LogP contribution in [0.5, 0.6) is 0 Å². The molecule has 0 unspecified atom stereocenters. The molecule has 3 aromatic rings. The van der Waals surface area contributed by atoms with Crippen molar-refractivity contribution in [3.8, 4) is 0 Å². The van der Waals surface area contributed by atoms with Gasteiger partial charge in [-0.15, -0.1) is 11.3 Å². The molecule has 0 fully saturated rings. The summed E-state index contributed by atoms with van der Waals surface area (Å²) < 4.78 is 27.4. The molecule has 1 aromatic heterocycles. The maximum Gasteiger partial charge on any atom is 0.209 e. The van der Waals surface area contributed by atoms with E-state index in [0.717, 1.165) is 53.1 Å². The fourth-order valence-corrected chi connectivity index (χ4v) is 4.97. The molecule has 0 spiro atoms. The molecule has 0 radical (unpaired) electrons. The third kappa shape index (κ3) is 5.14. The van der Waals surface area contributed by atoms with E-state index in [-0.39, 0.29) is 12.0 Å². The van der Waals surface area contributed by atoms with Gasteiger partial charge in [0.05, 0.1) is 11.6 Å². The predicted molar refractivity (Wildman–Crippen MR) is 124 cm³/mol. The van der Waals surface area contributed by atoms with E-state index in [9.17, 15) is 13.2 Å². The van der Waals surface area contributed by atoms with Gasteiger partial charge < -0.3 is 10.2 Å². The Labute approximate surface area is 175 Å². The zero-order valence-corrected chi connectivity index (χ0v) is 18.6. The van der Waals surface area contributed by atoms with Gasteiger partial charge in [0.15, 0.2) is 5.43 Å². The van der Waals surface area contributed by atoms with Crippen LogP contribution in [0.15, 0.2) is 41.2 Å². The summed E-state index contributed by atoms with van der Waals surface area (Å²) in [7, 11) is -3.33. The van der Waals surface area contributed by atoms with E-state index in [4.69, 9.17) is 0 Å². The predicted octanol–water partition coefficient (Wildman–Crippen LogP) is 3.22. The van der Waals surface area contributed by atoms with E-state index in [0.29, 0.717) is 10.8 Å². The Balaban J connectivity index is 2.07. The molecule has 0 aliphatic rings. The molecule has 1 heterocycles. The minimum atomic E-state index is -3.33. The van der Waals surface area contributed by atoms with E-state index in [1.807, 2.05) is 36.4 Å². The SMILES string of the molecule is CCN(CC)CCNc1ccc(CNS(C)(=O)=O)c2sc3ccccc3c(=O)c12. The Kier molecular flexibility index (Phi) is 6.89. The molecular weight excluding hydrogens is 406 g/mol. The molecule has 2 aromatic carbocycles. The molecule has 0 bridgehead atoms. The first kappa shape index (κ1) is 21.7. The summed E-state index contributed by atoms with van der Waals surface area (Å²) in [6.07, 6.45) is 1.14. The lowest BCUT2D eigenvalue weighted by Gasteiger charge is -2.19. The van der Waals surface area contributed by atoms with Crippen LogP contribution in [0.1, 0.15) is 19.4 Å². The van der Waals surface area contributed by atoms with Crippen molar-refractivity contribution in [2.45, 2.75) is 20.4 Å². The summed E-state index contributed by atoms with van der Waals surface area (Å²) in [6.45, 7) is 8.00. The van der Waals surface area contributed by atoms with E-state index < -0.39 is 10.0 Å². The molecule has 3 rings (SSSR count). The summed E-state index contributed by atoms with van der Waals surface area (Å²) in [6, 6.07) is 11.3. The highest BCUT2D eigenvalue weighted by molar-refractivity contribution is 7.88. The molecular formula is C21H27N3O3S2. The molecule has 0 saturated carbocycles. The number of nitrogens with zero attached hydrogens (tertiary/aromatic N) is 1. The van der Waals surface area contributed by atoms with Crippen LogP contribution in [-0.2, 0) is 16.6 Å². The van der Waals surface area contributed by atoms with E-state index >= 15 is 0 Å². The number of fused-ring (bicyclic) bond motifs is 2. The molecule has 29 heavy (non-hydrogen) atoms. The fourth-order valence-electron chi connectivity index (χ4n) is 3.34. The molecule has 0 amide bonds. The average Bonchev–Trinajstić information content (AvgIpc) is 2.69. The Morgan fingerprint density at radius 3 is 2.48 bits per heavy atom. The molecule has 0 aliphatic carbocycles. The lowest BCUT2D eigenvalue weighted by molar-refractivity contribution is 0.316. The number of hydrogen-bond donors (Lipinski definition) is 2. The second-order valence-corrected chi connectivity index (χ2v) is 9.84. The van der Waals surface area contributed by atoms with Gasteiger partial charge >= 0.3 is 0 Å². The number of likely N-dealkylation sites (N-methyl/N-ethyl adjacent to an activating group) is 1. The summed E-state index contributed by atoms with van der Waals surface area (Å²) in [4.78, 5) is 15.6. The maximum atomic E-state index is 13.3. The molecule has 156 valence electrons. The van der Waals surface area contributed by atoms with Crippen molar-refractivity contribution in [3.63, 3.8) is 0 Å². The largest absolute Gasteiger partial charge is 0.383 e. The summed E-state index contributed by atoms with van der Waals surface area (Å²) in [5.41, 5.74) is 1.57. The van der Waals surface area contributed by atoms with Gasteiger partial charge in [0.1, 0.15) is 0 Å². The van der Waals surface area contributed by atoms with Crippen molar-refractivity contribution >= 4 is 47.2 Å². The zero-order chi connectivity index (χ0) is 21.0. The van der Waals surface area contributed by atoms with Gasteiger partial charge in [0, 0.05) is 40.1 Å². The highest BCUT2D eigenvalue weighted by Crippen LogP contribution is 2.32. The van der Waals surface area contributed by atoms with Gasteiger partial charge in [0.2, 0.25) is 10.0 Å². The third-order valence-corrected chi connectivity index (χ3v) is 6.89. The minimum Gasteiger partial charge on any atom is -0.383 e. The van der Waals surface area contributed by atoms with E-state index in [1.165, 1.54) is 11.3 Å². The minimum absolute atomic E-state index is 0.0269. The topological polar surface area (TPSA) is 78.5 Å². The number of hydrogen-bond acceptors (Lipinski definition) is 6. The first-order valence-electron chi connectivity index (χ1n) is 9.72. The smallest absolute Gasteiger partial charge is 0.209 e. The number of benzene rings is 2. The molecule has 0 aliphatic heterocycles. The monoisotopic (exact) mass is 433 g/mol. The molecule has 8 heteroatoms. The van der Waals surface area contributed by atoms with Crippen molar-refractivity contribution < 1.29 is 8.42 Å². The molecule has 2 N–H and O–H groups in total. The third-order valence-electron chi connectivity index (χ3n) is 4.97. The molecule has 0 atom stereocenters. The quantitative estimate of drug-likeness (QED) is 0.507. The van der Waals surface area contributed by atoms with Crippen molar-refractivity contribution in [1.82, 2.24) is 9.62 Å². The second kappa shape index (κ2) is 9.21. The van der Waals surface area contributed by atoms with Crippen LogP contribution in [0.3, 0.4) is 0 Å². The summed E-state index contributed by atoms with van der Waals surface area (Å²) >= 11 is 1.52. The van der Waals surface area contributed by atoms with Gasteiger partial charge in [0.25, 0.3) is 0 Å². The number of sulfonamides is 1. The Morgan fingerprint density at radius 1 is 1.07 bits per heavy atom. The fraction of sp³-hybridized carbons (Fsp3) is 0.381. The van der Waals surface area contributed by atoms with E-state index in [1.54, 1.807) is 0 Å². The molecule has 0 saturated heterocycles. The normalized spacial score (nSPS) is 12.1. The van der Waals surface area contributed by atoms with Crippen molar-refractivity contribution in [2.24, 2.45) is 0 Å². The highest BCUT2D eigenvalue weighted by Gasteiger charge is 2.14. The number of anilines is 1. The Bertz CT molecular complexity index is 1170. The summed E-state index contributed by atoms with van der Waals surface area (Å²) in [5.74, 6) is 0. The second-order valence-electron chi connectivity index (χ2n) is 6.95. The van der Waals surface area contributed by atoms with Crippen LogP contribution in [0.25, 0.3) is 20.2 Å². The van der Waals surface area contributed by atoms with Gasteiger partial charge in [-0.3, -0.25) is 4.79 Å². The van der Waals surface area contributed by atoms with Crippen molar-refractivity contribution in [1.29, 1.82) is 0 Å². The lowest BCUT2D eigenvalue weighted by atomic mass is 10.1. The highest BCUT2D eigenvalue weighted by atomic mass is 32.2. The zero-order valence-electron chi connectivity index (χ0n) is 17.0. The number of rotatable bonds is 9. The summed E-state index contributed by atoms with van der Waals surface area (Å²) in [5, 5.41) is 4.73. The van der Waals surface area contributed by atoms with Crippen LogP contribution in [-0.4, -0.2) is 45.8 Å². The van der Waals surface area contributed by atoms with Crippen LogP contribution >= 0.6 is 11.3 Å².